The van der Waals surface area contributed by atoms with Crippen molar-refractivity contribution in [2.75, 3.05) is 5.75 Å². The second-order valence-corrected chi connectivity index (χ2v) is 7.13. The molecule has 0 aliphatic carbocycles. The minimum absolute atomic E-state index is 0.0213. The second kappa shape index (κ2) is 8.40. The third kappa shape index (κ3) is 4.77. The van der Waals surface area contributed by atoms with Gasteiger partial charge in [0.2, 0.25) is 0 Å². The van der Waals surface area contributed by atoms with E-state index >= 15 is 0 Å². The number of carbonyl (C=O) groups excluding carboxylic acids is 1. The molecule has 3 rings (SSSR count). The number of aromatic nitrogens is 1. The SMILES string of the molecule is O=C(Oc1ccc2sc(=O)oc2c1)c1cccnc1SCCC(F)=C(F)F. The fourth-order valence-electron chi connectivity index (χ4n) is 2.07. The average Bonchev–Trinajstić information content (AvgIpc) is 3.01. The molecule has 2 heterocycles. The van der Waals surface area contributed by atoms with Crippen LogP contribution >= 0.6 is 23.1 Å². The van der Waals surface area contributed by atoms with Crippen LogP contribution in [0.3, 0.4) is 0 Å². The number of allylic oxidation sites excluding steroid dienone is 1. The van der Waals surface area contributed by atoms with Crippen molar-refractivity contribution >= 4 is 39.4 Å². The average molecular weight is 413 g/mol. The Hall–Kier alpha value is -2.59. The molecule has 0 atom stereocenters. The zero-order chi connectivity index (χ0) is 19.4. The first-order valence-corrected chi connectivity index (χ1v) is 9.27. The summed E-state index contributed by atoms with van der Waals surface area (Å²) in [6, 6.07) is 7.50. The van der Waals surface area contributed by atoms with Crippen molar-refractivity contribution in [3.05, 3.63) is 63.7 Å². The number of rotatable bonds is 6. The summed E-state index contributed by atoms with van der Waals surface area (Å²) < 4.78 is 47.9. The van der Waals surface area contributed by atoms with Crippen LogP contribution in [0.25, 0.3) is 10.3 Å². The van der Waals surface area contributed by atoms with Gasteiger partial charge in [-0.3, -0.25) is 0 Å². The van der Waals surface area contributed by atoms with Gasteiger partial charge >= 0.3 is 17.0 Å². The standard InChI is InChI=1S/C17H10F3NO4S2/c18-11(14(19)20)5-7-26-15-10(2-1-6-21-15)16(22)24-9-3-4-13-12(8-9)25-17(23)27-13/h1-4,6,8H,5,7H2. The minimum Gasteiger partial charge on any atom is -0.423 e. The van der Waals surface area contributed by atoms with Gasteiger partial charge in [-0.1, -0.05) is 11.3 Å². The predicted octanol–water partition coefficient (Wildman–Crippen LogP) is 5.03. The van der Waals surface area contributed by atoms with E-state index in [4.69, 9.17) is 9.15 Å². The summed E-state index contributed by atoms with van der Waals surface area (Å²) >= 11 is 1.89. The van der Waals surface area contributed by atoms with E-state index in [1.807, 2.05) is 0 Å². The van der Waals surface area contributed by atoms with Crippen molar-refractivity contribution in [2.24, 2.45) is 0 Å². The molecule has 2 aromatic heterocycles. The van der Waals surface area contributed by atoms with Crippen LogP contribution < -0.4 is 9.68 Å². The molecule has 0 spiro atoms. The molecule has 0 saturated heterocycles. The third-order valence-corrected chi connectivity index (χ3v) is 5.08. The number of fused-ring (bicyclic) bond motifs is 1. The Kier molecular flexibility index (Phi) is 5.97. The minimum atomic E-state index is -2.35. The number of thioether (sulfide) groups is 1. The van der Waals surface area contributed by atoms with Crippen molar-refractivity contribution < 1.29 is 27.1 Å². The molecule has 140 valence electrons. The molecule has 0 fully saturated rings. The molecule has 1 aromatic carbocycles. The molecule has 0 amide bonds. The topological polar surface area (TPSA) is 69.4 Å². The first-order valence-electron chi connectivity index (χ1n) is 7.47. The number of hydrogen-bond acceptors (Lipinski definition) is 7. The number of benzene rings is 1. The van der Waals surface area contributed by atoms with Crippen LogP contribution in [-0.2, 0) is 0 Å². The van der Waals surface area contributed by atoms with Gasteiger partial charge in [0.1, 0.15) is 10.8 Å². The third-order valence-electron chi connectivity index (χ3n) is 3.27. The lowest BCUT2D eigenvalue weighted by Gasteiger charge is -2.08. The number of esters is 1. The van der Waals surface area contributed by atoms with Gasteiger partial charge < -0.3 is 9.15 Å². The zero-order valence-electron chi connectivity index (χ0n) is 13.4. The maximum absolute atomic E-state index is 12.9. The van der Waals surface area contributed by atoms with Crippen LogP contribution in [0.2, 0.25) is 0 Å². The fraction of sp³-hybridized carbons (Fsp3) is 0.118. The Morgan fingerprint density at radius 2 is 2.07 bits per heavy atom. The Morgan fingerprint density at radius 3 is 2.85 bits per heavy atom. The molecule has 3 aromatic rings. The van der Waals surface area contributed by atoms with Gasteiger partial charge in [-0.15, -0.1) is 11.8 Å². The van der Waals surface area contributed by atoms with E-state index in [2.05, 4.69) is 4.98 Å². The fourth-order valence-corrected chi connectivity index (χ4v) is 3.64. The highest BCUT2D eigenvalue weighted by molar-refractivity contribution is 7.99. The van der Waals surface area contributed by atoms with Crippen molar-refractivity contribution in [3.8, 4) is 5.75 Å². The lowest BCUT2D eigenvalue weighted by atomic mass is 10.3. The smallest absolute Gasteiger partial charge is 0.396 e. The highest BCUT2D eigenvalue weighted by Crippen LogP contribution is 2.27. The van der Waals surface area contributed by atoms with Gasteiger partial charge in [0.05, 0.1) is 10.3 Å². The molecule has 0 saturated carbocycles. The van der Waals surface area contributed by atoms with Gasteiger partial charge in [0, 0.05) is 24.4 Å². The van der Waals surface area contributed by atoms with Crippen LogP contribution in [0.4, 0.5) is 13.2 Å². The largest absolute Gasteiger partial charge is 0.423 e. The Labute approximate surface area is 158 Å². The lowest BCUT2D eigenvalue weighted by Crippen LogP contribution is -2.10. The molecule has 0 unspecified atom stereocenters. The molecule has 0 aliphatic heterocycles. The molecular formula is C17H10F3NO4S2. The highest BCUT2D eigenvalue weighted by Gasteiger charge is 2.16. The number of ether oxygens (including phenoxy) is 1. The summed E-state index contributed by atoms with van der Waals surface area (Å²) in [4.78, 5) is 27.2. The number of carbonyl (C=O) groups is 1. The first kappa shape index (κ1) is 19.2. The molecule has 27 heavy (non-hydrogen) atoms. The number of hydrogen-bond donors (Lipinski definition) is 0. The normalized spacial score (nSPS) is 10.8. The molecule has 10 heteroatoms. The van der Waals surface area contributed by atoms with Gasteiger partial charge in [-0.05, 0) is 24.3 Å². The van der Waals surface area contributed by atoms with Crippen LogP contribution in [0.1, 0.15) is 16.8 Å². The Balaban J connectivity index is 1.74. The van der Waals surface area contributed by atoms with E-state index in [0.717, 1.165) is 23.1 Å². The first-order chi connectivity index (χ1) is 12.9. The van der Waals surface area contributed by atoms with Gasteiger partial charge in [0.15, 0.2) is 11.4 Å². The van der Waals surface area contributed by atoms with E-state index in [1.54, 1.807) is 6.07 Å². The Bertz CT molecular complexity index is 1070. The summed E-state index contributed by atoms with van der Waals surface area (Å²) in [5.41, 5.74) is 0.408. The number of halogens is 3. The van der Waals surface area contributed by atoms with E-state index in [9.17, 15) is 22.8 Å². The van der Waals surface area contributed by atoms with Crippen LogP contribution in [0, 0.1) is 0 Å². The molecule has 0 radical (unpaired) electrons. The van der Waals surface area contributed by atoms with Crippen molar-refractivity contribution in [2.45, 2.75) is 11.4 Å². The maximum Gasteiger partial charge on any atom is 0.396 e. The van der Waals surface area contributed by atoms with Gasteiger partial charge in [-0.2, -0.15) is 8.78 Å². The summed E-state index contributed by atoms with van der Waals surface area (Å²) in [5.74, 6) is -2.07. The highest BCUT2D eigenvalue weighted by atomic mass is 32.2. The lowest BCUT2D eigenvalue weighted by molar-refractivity contribution is 0.0730. The zero-order valence-corrected chi connectivity index (χ0v) is 15.0. The van der Waals surface area contributed by atoms with E-state index in [1.165, 1.54) is 30.5 Å². The maximum atomic E-state index is 12.9. The van der Waals surface area contributed by atoms with Crippen molar-refractivity contribution in [1.82, 2.24) is 4.98 Å². The van der Waals surface area contributed by atoms with Gasteiger partial charge in [-0.25, -0.2) is 19.0 Å². The molecule has 5 nitrogen and oxygen atoms in total. The van der Waals surface area contributed by atoms with E-state index < -0.39 is 29.2 Å². The molecular weight excluding hydrogens is 403 g/mol. The number of pyridine rings is 1. The van der Waals surface area contributed by atoms with Crippen LogP contribution in [0.15, 0.2) is 62.7 Å². The molecule has 0 N–H and O–H groups in total. The second-order valence-electron chi connectivity index (χ2n) is 5.07. The number of nitrogens with zero attached hydrogens (tertiary/aromatic N) is 1. The monoisotopic (exact) mass is 413 g/mol. The summed E-state index contributed by atoms with van der Waals surface area (Å²) in [5, 5.41) is 0.234. The summed E-state index contributed by atoms with van der Waals surface area (Å²) in [6.45, 7) is 0. The van der Waals surface area contributed by atoms with Crippen molar-refractivity contribution in [3.63, 3.8) is 0 Å². The predicted molar refractivity (Wildman–Crippen MR) is 95.2 cm³/mol. The van der Waals surface area contributed by atoms with E-state index in [-0.39, 0.29) is 22.1 Å². The quantitative estimate of drug-likeness (QED) is 0.321. The van der Waals surface area contributed by atoms with Crippen molar-refractivity contribution in [1.29, 1.82) is 0 Å². The molecule has 0 aliphatic rings. The molecule has 0 bridgehead atoms. The van der Waals surface area contributed by atoms with Crippen LogP contribution in [-0.4, -0.2) is 16.7 Å². The Morgan fingerprint density at radius 1 is 1.26 bits per heavy atom. The summed E-state index contributed by atoms with van der Waals surface area (Å²) in [6.07, 6.45) is -1.41. The van der Waals surface area contributed by atoms with Gasteiger partial charge in [0.25, 0.3) is 0 Å². The van der Waals surface area contributed by atoms with E-state index in [0.29, 0.717) is 10.3 Å². The summed E-state index contributed by atoms with van der Waals surface area (Å²) in [7, 11) is 0. The van der Waals surface area contributed by atoms with Crippen LogP contribution in [0.5, 0.6) is 5.75 Å².